The highest BCUT2D eigenvalue weighted by molar-refractivity contribution is 5.80. The lowest BCUT2D eigenvalue weighted by Crippen LogP contribution is -2.33. The molecule has 28 heavy (non-hydrogen) atoms. The molecule has 2 aromatic rings. The van der Waals surface area contributed by atoms with E-state index < -0.39 is 0 Å². The van der Waals surface area contributed by atoms with Gasteiger partial charge in [-0.15, -0.1) is 0 Å². The van der Waals surface area contributed by atoms with Crippen LogP contribution >= 0.6 is 0 Å². The number of ether oxygens (including phenoxy) is 1. The average Bonchev–Trinajstić information content (AvgIpc) is 2.59. The van der Waals surface area contributed by atoms with Gasteiger partial charge in [-0.3, -0.25) is 0 Å². The topological polar surface area (TPSA) is 9.23 Å². The van der Waals surface area contributed by atoms with Crippen LogP contribution in [-0.2, 0) is 10.8 Å². The molecule has 0 bridgehead atoms. The molecule has 150 valence electrons. The quantitative estimate of drug-likeness (QED) is 0.497. The van der Waals surface area contributed by atoms with Gasteiger partial charge in [-0.25, -0.2) is 0 Å². The average molecular weight is 377 g/mol. The lowest BCUT2D eigenvalue weighted by molar-refractivity contribution is 0.131. The van der Waals surface area contributed by atoms with Crippen molar-refractivity contribution in [1.82, 2.24) is 0 Å². The monoisotopic (exact) mass is 376 g/mol. The molecule has 1 heteroatoms. The summed E-state index contributed by atoms with van der Waals surface area (Å²) in [6, 6.07) is 15.5. The van der Waals surface area contributed by atoms with Crippen molar-refractivity contribution in [2.45, 2.75) is 84.7 Å². The third-order valence-corrected chi connectivity index (χ3v) is 6.00. The summed E-state index contributed by atoms with van der Waals surface area (Å²) in [5.41, 5.74) is 7.20. The number of fused-ring (bicyclic) bond motifs is 1. The summed E-state index contributed by atoms with van der Waals surface area (Å²) in [6.45, 7) is 18.0. The molecule has 1 nitrogen and oxygen atoms in total. The first-order valence-electron chi connectivity index (χ1n) is 10.5. The Morgan fingerprint density at radius 2 is 1.43 bits per heavy atom. The minimum atomic E-state index is -0.170. The maximum atomic E-state index is 5.93. The lowest BCUT2D eigenvalue weighted by atomic mass is 9.63. The van der Waals surface area contributed by atoms with Gasteiger partial charge in [0.15, 0.2) is 0 Å². The van der Waals surface area contributed by atoms with Crippen LogP contribution in [0.5, 0.6) is 5.75 Å². The molecule has 0 amide bonds. The third kappa shape index (κ3) is 4.51. The van der Waals surface area contributed by atoms with Gasteiger partial charge in [0.2, 0.25) is 0 Å². The summed E-state index contributed by atoms with van der Waals surface area (Å²) < 4.78 is 5.93. The molecule has 0 aromatic heterocycles. The van der Waals surface area contributed by atoms with E-state index in [1.165, 1.54) is 40.7 Å². The second-order valence-electron chi connectivity index (χ2n) is 10.6. The normalized spacial score (nSPS) is 18.5. The number of hydrogen-bond acceptors (Lipinski definition) is 1. The first-order chi connectivity index (χ1) is 12.9. The first kappa shape index (κ1) is 20.7. The Kier molecular flexibility index (Phi) is 5.25. The van der Waals surface area contributed by atoms with E-state index in [0.29, 0.717) is 0 Å². The van der Waals surface area contributed by atoms with Gasteiger partial charge in [-0.2, -0.15) is 0 Å². The van der Waals surface area contributed by atoms with Gasteiger partial charge >= 0.3 is 0 Å². The van der Waals surface area contributed by atoms with E-state index in [2.05, 4.69) is 104 Å². The summed E-state index contributed by atoms with van der Waals surface area (Å²) in [5.74, 6) is 0.917. The molecule has 2 aromatic carbocycles. The van der Waals surface area contributed by atoms with Crippen molar-refractivity contribution >= 4 is 11.6 Å². The Morgan fingerprint density at radius 3 is 2.00 bits per heavy atom. The number of hydrogen-bond donors (Lipinski definition) is 0. The van der Waals surface area contributed by atoms with E-state index in [-0.39, 0.29) is 16.4 Å². The zero-order valence-corrected chi connectivity index (χ0v) is 18.9. The molecular weight excluding hydrogens is 340 g/mol. The minimum Gasteiger partial charge on any atom is -0.488 e. The van der Waals surface area contributed by atoms with Crippen molar-refractivity contribution in [1.29, 1.82) is 0 Å². The molecule has 1 aliphatic carbocycles. The fourth-order valence-corrected chi connectivity index (χ4v) is 4.15. The highest BCUT2D eigenvalue weighted by Crippen LogP contribution is 2.46. The van der Waals surface area contributed by atoms with Crippen LogP contribution in [0.15, 0.2) is 42.5 Å². The van der Waals surface area contributed by atoms with Crippen molar-refractivity contribution < 1.29 is 4.74 Å². The van der Waals surface area contributed by atoms with Crippen LogP contribution in [0.4, 0.5) is 0 Å². The Balaban J connectivity index is 1.90. The van der Waals surface area contributed by atoms with E-state index in [9.17, 15) is 0 Å². The fourth-order valence-electron chi connectivity index (χ4n) is 4.15. The standard InChI is InChI=1S/C27H36O/c1-19(17-20-9-12-22(13-10-20)28-25(2,3)4)21-11-14-23-24(18-21)27(7,8)16-15-26(23,5)6/h9-14,17-18H,15-16H2,1-8H3. The molecule has 1 aliphatic rings. The van der Waals surface area contributed by atoms with Crippen LogP contribution < -0.4 is 4.74 Å². The highest BCUT2D eigenvalue weighted by atomic mass is 16.5. The smallest absolute Gasteiger partial charge is 0.120 e. The van der Waals surface area contributed by atoms with Crippen molar-refractivity contribution in [3.05, 3.63) is 64.7 Å². The van der Waals surface area contributed by atoms with Crippen molar-refractivity contribution in [2.24, 2.45) is 0 Å². The molecule has 0 saturated carbocycles. The second kappa shape index (κ2) is 7.10. The molecule has 0 aliphatic heterocycles. The van der Waals surface area contributed by atoms with Gasteiger partial charge < -0.3 is 4.74 Å². The second-order valence-corrected chi connectivity index (χ2v) is 10.6. The molecule has 0 atom stereocenters. The van der Waals surface area contributed by atoms with E-state index in [1.807, 2.05) is 0 Å². The molecule has 0 N–H and O–H groups in total. The van der Waals surface area contributed by atoms with Crippen LogP contribution in [0.3, 0.4) is 0 Å². The summed E-state index contributed by atoms with van der Waals surface area (Å²) in [7, 11) is 0. The highest BCUT2D eigenvalue weighted by Gasteiger charge is 2.36. The lowest BCUT2D eigenvalue weighted by Gasteiger charge is -2.42. The van der Waals surface area contributed by atoms with E-state index in [0.717, 1.165) is 5.75 Å². The summed E-state index contributed by atoms with van der Waals surface area (Å²) in [5, 5.41) is 0. The summed E-state index contributed by atoms with van der Waals surface area (Å²) in [4.78, 5) is 0. The fraction of sp³-hybridized carbons (Fsp3) is 0.481. The molecule has 0 heterocycles. The zero-order valence-electron chi connectivity index (χ0n) is 18.9. The number of rotatable bonds is 3. The summed E-state index contributed by atoms with van der Waals surface area (Å²) >= 11 is 0. The van der Waals surface area contributed by atoms with Crippen molar-refractivity contribution in [3.8, 4) is 5.75 Å². The van der Waals surface area contributed by atoms with Gasteiger partial charge in [0.1, 0.15) is 11.4 Å². The Bertz CT molecular complexity index is 873. The van der Waals surface area contributed by atoms with Crippen molar-refractivity contribution in [3.63, 3.8) is 0 Å². The zero-order chi connectivity index (χ0) is 20.7. The molecular formula is C27H36O. The van der Waals surface area contributed by atoms with Crippen LogP contribution in [-0.4, -0.2) is 5.60 Å². The van der Waals surface area contributed by atoms with Crippen LogP contribution in [0.2, 0.25) is 0 Å². The van der Waals surface area contributed by atoms with Gasteiger partial charge in [0.25, 0.3) is 0 Å². The first-order valence-corrected chi connectivity index (χ1v) is 10.5. The van der Waals surface area contributed by atoms with Crippen molar-refractivity contribution in [2.75, 3.05) is 0 Å². The van der Waals surface area contributed by atoms with E-state index in [1.54, 1.807) is 0 Å². The predicted octanol–water partition coefficient (Wildman–Crippen LogP) is 7.77. The maximum Gasteiger partial charge on any atom is 0.120 e. The maximum absolute atomic E-state index is 5.93. The minimum absolute atomic E-state index is 0.170. The molecule has 0 unspecified atom stereocenters. The molecule has 0 radical (unpaired) electrons. The Labute approximate surface area is 171 Å². The molecule has 3 rings (SSSR count). The molecule has 0 saturated heterocycles. The van der Waals surface area contributed by atoms with Crippen LogP contribution in [0.25, 0.3) is 11.6 Å². The Hall–Kier alpha value is -2.02. The van der Waals surface area contributed by atoms with Gasteiger partial charge in [0.05, 0.1) is 0 Å². The number of benzene rings is 2. The number of allylic oxidation sites excluding steroid dienone is 1. The molecule has 0 fully saturated rings. The summed E-state index contributed by atoms with van der Waals surface area (Å²) in [6.07, 6.45) is 4.77. The predicted molar refractivity (Wildman–Crippen MR) is 122 cm³/mol. The van der Waals surface area contributed by atoms with E-state index in [4.69, 9.17) is 4.74 Å². The van der Waals surface area contributed by atoms with E-state index >= 15 is 0 Å². The van der Waals surface area contributed by atoms with Crippen LogP contribution in [0, 0.1) is 0 Å². The SMILES string of the molecule is CC(=Cc1ccc(OC(C)(C)C)cc1)c1ccc2c(c1)C(C)(C)CCC2(C)C. The van der Waals surface area contributed by atoms with Crippen LogP contribution in [0.1, 0.15) is 90.5 Å². The molecule has 0 spiro atoms. The third-order valence-electron chi connectivity index (χ3n) is 6.00. The largest absolute Gasteiger partial charge is 0.488 e. The van der Waals surface area contributed by atoms with Gasteiger partial charge in [0, 0.05) is 0 Å². The van der Waals surface area contributed by atoms with Gasteiger partial charge in [-0.1, -0.05) is 64.1 Å². The van der Waals surface area contributed by atoms with Gasteiger partial charge in [-0.05, 0) is 91.3 Å². The Morgan fingerprint density at radius 1 is 0.857 bits per heavy atom.